The highest BCUT2D eigenvalue weighted by Gasteiger charge is 2.30. The smallest absolute Gasteiger partial charge is 0.307 e. The Kier molecular flexibility index (Phi) is 4.97. The van der Waals surface area contributed by atoms with Crippen molar-refractivity contribution in [2.75, 3.05) is 7.11 Å². The first kappa shape index (κ1) is 14.3. The summed E-state index contributed by atoms with van der Waals surface area (Å²) in [5, 5.41) is 9.30. The van der Waals surface area contributed by atoms with E-state index in [1.807, 2.05) is 13.8 Å². The zero-order valence-corrected chi connectivity index (χ0v) is 11.0. The summed E-state index contributed by atoms with van der Waals surface area (Å²) in [6, 6.07) is 0. The van der Waals surface area contributed by atoms with Gasteiger partial charge in [0.05, 0.1) is 25.0 Å². The van der Waals surface area contributed by atoms with Gasteiger partial charge in [-0.3, -0.25) is 4.79 Å². The van der Waals surface area contributed by atoms with E-state index in [0.29, 0.717) is 17.1 Å². The van der Waals surface area contributed by atoms with E-state index in [-0.39, 0.29) is 6.10 Å². The molecule has 1 aliphatic rings. The van der Waals surface area contributed by atoms with Crippen LogP contribution in [-0.2, 0) is 19.0 Å². The molecule has 100 valence electrons. The molecule has 0 aromatic rings. The summed E-state index contributed by atoms with van der Waals surface area (Å²) >= 11 is 0. The normalized spacial score (nSPS) is 21.6. The summed E-state index contributed by atoms with van der Waals surface area (Å²) in [6.45, 7) is 5.02. The molecule has 0 fully saturated rings. The molecule has 5 nitrogen and oxygen atoms in total. The number of aliphatic hydroxyl groups excluding tert-OH is 1. The fourth-order valence-electron chi connectivity index (χ4n) is 1.61. The fourth-order valence-corrected chi connectivity index (χ4v) is 1.61. The van der Waals surface area contributed by atoms with Gasteiger partial charge in [0.15, 0.2) is 0 Å². The molecule has 5 heteroatoms. The molecule has 0 aromatic heterocycles. The summed E-state index contributed by atoms with van der Waals surface area (Å²) in [5.74, 6) is 0.363. The van der Waals surface area contributed by atoms with Crippen LogP contribution in [0.15, 0.2) is 35.5 Å². The Hall–Kier alpha value is -1.75. The first-order chi connectivity index (χ1) is 8.49. The van der Waals surface area contributed by atoms with Crippen molar-refractivity contribution in [2.24, 2.45) is 0 Å². The van der Waals surface area contributed by atoms with E-state index in [1.165, 1.54) is 14.0 Å². The summed E-state index contributed by atoms with van der Waals surface area (Å²) in [6.07, 6.45) is 3.36. The van der Waals surface area contributed by atoms with Gasteiger partial charge in [-0.1, -0.05) is 0 Å². The van der Waals surface area contributed by atoms with Crippen molar-refractivity contribution < 1.29 is 24.1 Å². The molecule has 1 atom stereocenters. The van der Waals surface area contributed by atoms with Crippen molar-refractivity contribution in [1.82, 2.24) is 0 Å². The lowest BCUT2D eigenvalue weighted by atomic mass is 10.0. The van der Waals surface area contributed by atoms with Crippen LogP contribution < -0.4 is 0 Å². The minimum absolute atomic E-state index is 0.0971. The standard InChI is InChI=1S/C13H18O5/c1-8(2)17-13-10(7-14)11(16-4)5-6-12(13)18-9(3)15/h5-8,13-14H,1-4H3. The molecule has 0 aromatic carbocycles. The van der Waals surface area contributed by atoms with Crippen LogP contribution in [0.2, 0.25) is 0 Å². The largest absolute Gasteiger partial charge is 0.515 e. The lowest BCUT2D eigenvalue weighted by Gasteiger charge is -2.27. The lowest BCUT2D eigenvalue weighted by molar-refractivity contribution is -0.139. The Bertz CT molecular complexity index is 404. The summed E-state index contributed by atoms with van der Waals surface area (Å²) in [5.41, 5.74) is 0.421. The number of carbonyl (C=O) groups is 1. The van der Waals surface area contributed by atoms with Gasteiger partial charge in [0.1, 0.15) is 17.6 Å². The number of aliphatic hydroxyl groups is 1. The van der Waals surface area contributed by atoms with E-state index in [4.69, 9.17) is 14.2 Å². The number of hydrogen-bond acceptors (Lipinski definition) is 5. The molecule has 1 unspecified atom stereocenters. The Balaban J connectivity index is 3.08. The molecule has 0 heterocycles. The highest BCUT2D eigenvalue weighted by atomic mass is 16.6. The number of hydrogen-bond donors (Lipinski definition) is 1. The van der Waals surface area contributed by atoms with Crippen molar-refractivity contribution in [2.45, 2.75) is 33.0 Å². The maximum atomic E-state index is 11.0. The van der Waals surface area contributed by atoms with Gasteiger partial charge in [-0.15, -0.1) is 0 Å². The maximum Gasteiger partial charge on any atom is 0.307 e. The van der Waals surface area contributed by atoms with Crippen LogP contribution in [-0.4, -0.2) is 30.4 Å². The number of carbonyl (C=O) groups excluding carboxylic acids is 1. The van der Waals surface area contributed by atoms with Crippen LogP contribution in [0.1, 0.15) is 20.8 Å². The maximum absolute atomic E-state index is 11.0. The first-order valence-electron chi connectivity index (χ1n) is 5.64. The molecule has 0 aliphatic heterocycles. The Morgan fingerprint density at radius 1 is 1.44 bits per heavy atom. The molecule has 0 saturated carbocycles. The van der Waals surface area contributed by atoms with E-state index >= 15 is 0 Å². The van der Waals surface area contributed by atoms with Crippen LogP contribution in [0.25, 0.3) is 0 Å². The van der Waals surface area contributed by atoms with E-state index in [9.17, 15) is 9.90 Å². The minimum Gasteiger partial charge on any atom is -0.515 e. The number of ether oxygens (including phenoxy) is 3. The molecule has 0 radical (unpaired) electrons. The van der Waals surface area contributed by atoms with Gasteiger partial charge in [0.2, 0.25) is 0 Å². The lowest BCUT2D eigenvalue weighted by Crippen LogP contribution is -2.28. The predicted octanol–water partition coefficient (Wildman–Crippen LogP) is 2.21. The monoisotopic (exact) mass is 254 g/mol. The van der Waals surface area contributed by atoms with Crippen molar-refractivity contribution >= 4 is 5.97 Å². The van der Waals surface area contributed by atoms with Gasteiger partial charge in [-0.25, -0.2) is 0 Å². The van der Waals surface area contributed by atoms with Gasteiger partial charge in [0, 0.05) is 6.92 Å². The second-order valence-corrected chi connectivity index (χ2v) is 4.05. The van der Waals surface area contributed by atoms with Gasteiger partial charge >= 0.3 is 5.97 Å². The zero-order valence-electron chi connectivity index (χ0n) is 11.0. The molecule has 0 amide bonds. The van der Waals surface area contributed by atoms with Crippen molar-refractivity contribution in [3.8, 4) is 0 Å². The Labute approximate surface area is 106 Å². The first-order valence-corrected chi connectivity index (χ1v) is 5.64. The minimum atomic E-state index is -0.654. The van der Waals surface area contributed by atoms with Gasteiger partial charge in [0.25, 0.3) is 0 Å². The van der Waals surface area contributed by atoms with E-state index in [2.05, 4.69) is 0 Å². The summed E-state index contributed by atoms with van der Waals surface area (Å²) in [4.78, 5) is 11.0. The number of rotatable bonds is 4. The number of allylic oxidation sites excluding steroid dienone is 2. The van der Waals surface area contributed by atoms with E-state index < -0.39 is 12.1 Å². The zero-order chi connectivity index (χ0) is 13.7. The second-order valence-electron chi connectivity index (χ2n) is 4.05. The van der Waals surface area contributed by atoms with Crippen molar-refractivity contribution in [1.29, 1.82) is 0 Å². The third-order valence-corrected chi connectivity index (χ3v) is 2.25. The average molecular weight is 254 g/mol. The molecule has 0 bridgehead atoms. The van der Waals surface area contributed by atoms with Crippen LogP contribution in [0.5, 0.6) is 0 Å². The van der Waals surface area contributed by atoms with Crippen molar-refractivity contribution in [3.05, 3.63) is 35.5 Å². The van der Waals surface area contributed by atoms with Crippen LogP contribution >= 0.6 is 0 Å². The molecule has 1 rings (SSSR count). The molecule has 0 saturated heterocycles. The molecule has 1 N–H and O–H groups in total. The van der Waals surface area contributed by atoms with E-state index in [0.717, 1.165) is 6.26 Å². The Morgan fingerprint density at radius 3 is 2.56 bits per heavy atom. The Morgan fingerprint density at radius 2 is 2.11 bits per heavy atom. The number of esters is 1. The van der Waals surface area contributed by atoms with E-state index in [1.54, 1.807) is 12.2 Å². The fraction of sp³-hybridized carbons (Fsp3) is 0.462. The van der Waals surface area contributed by atoms with Gasteiger partial charge < -0.3 is 19.3 Å². The average Bonchev–Trinajstić information content (AvgIpc) is 2.29. The quantitative estimate of drug-likeness (QED) is 0.615. The van der Waals surface area contributed by atoms with Crippen LogP contribution in [0.4, 0.5) is 0 Å². The number of methoxy groups -OCH3 is 1. The summed E-state index contributed by atoms with van der Waals surface area (Å²) in [7, 11) is 1.49. The topological polar surface area (TPSA) is 65.0 Å². The molecule has 18 heavy (non-hydrogen) atoms. The molecular formula is C13H18O5. The highest BCUT2D eigenvalue weighted by Crippen LogP contribution is 2.29. The van der Waals surface area contributed by atoms with Crippen LogP contribution in [0, 0.1) is 0 Å². The summed E-state index contributed by atoms with van der Waals surface area (Å²) < 4.78 is 15.8. The SMILES string of the molecule is COC1=CC=C(OC(C)=O)C(OC(C)C)C1=CO. The highest BCUT2D eigenvalue weighted by molar-refractivity contribution is 5.68. The second kappa shape index (κ2) is 6.26. The van der Waals surface area contributed by atoms with Crippen molar-refractivity contribution in [3.63, 3.8) is 0 Å². The van der Waals surface area contributed by atoms with Gasteiger partial charge in [-0.2, -0.15) is 0 Å². The van der Waals surface area contributed by atoms with Gasteiger partial charge in [-0.05, 0) is 26.0 Å². The molecule has 0 spiro atoms. The molecular weight excluding hydrogens is 236 g/mol. The molecule has 1 aliphatic carbocycles. The van der Waals surface area contributed by atoms with Crippen LogP contribution in [0.3, 0.4) is 0 Å². The third kappa shape index (κ3) is 3.37. The third-order valence-electron chi connectivity index (χ3n) is 2.25. The predicted molar refractivity (Wildman–Crippen MR) is 65.7 cm³/mol.